The third kappa shape index (κ3) is 5.92. The molecule has 27 heavy (non-hydrogen) atoms. The number of esters is 1. The molecular weight excluding hydrogens is 355 g/mol. The second-order valence-corrected chi connectivity index (χ2v) is 5.13. The maximum Gasteiger partial charge on any atom is 0.342 e. The highest BCUT2D eigenvalue weighted by Gasteiger charge is 2.17. The van der Waals surface area contributed by atoms with Gasteiger partial charge in [0.05, 0.1) is 5.69 Å². The third-order valence-corrected chi connectivity index (χ3v) is 3.15. The van der Waals surface area contributed by atoms with E-state index < -0.39 is 30.3 Å². The average molecular weight is 372 g/mol. The van der Waals surface area contributed by atoms with Gasteiger partial charge in [0.15, 0.2) is 6.61 Å². The first-order valence-corrected chi connectivity index (χ1v) is 7.83. The van der Waals surface area contributed by atoms with Crippen molar-refractivity contribution in [3.63, 3.8) is 0 Å². The molecule has 0 bridgehead atoms. The number of nitrogens with zero attached hydrogens (tertiary/aromatic N) is 1. The number of aromatic nitrogens is 1. The summed E-state index contributed by atoms with van der Waals surface area (Å²) in [6.45, 7) is 2.92. The quantitative estimate of drug-likeness (QED) is 0.507. The molecule has 3 N–H and O–H groups in total. The second kappa shape index (κ2) is 9.66. The lowest BCUT2D eigenvalue weighted by molar-refractivity contribution is -0.123. The number of pyridine rings is 1. The van der Waals surface area contributed by atoms with Crippen LogP contribution in [0.3, 0.4) is 0 Å². The largest absolute Gasteiger partial charge is 0.452 e. The molecule has 0 aliphatic heterocycles. The predicted molar refractivity (Wildman–Crippen MR) is 95.9 cm³/mol. The van der Waals surface area contributed by atoms with Gasteiger partial charge in [-0.2, -0.15) is 0 Å². The molecule has 1 heterocycles. The van der Waals surface area contributed by atoms with Gasteiger partial charge in [-0.25, -0.2) is 19.0 Å². The van der Waals surface area contributed by atoms with Gasteiger partial charge in [-0.1, -0.05) is 18.2 Å². The molecule has 0 spiro atoms. The average Bonchev–Trinajstić information content (AvgIpc) is 2.66. The fraction of sp³-hybridized carbons (Fsp3) is 0.111. The zero-order valence-electron chi connectivity index (χ0n) is 14.2. The third-order valence-electron chi connectivity index (χ3n) is 3.15. The van der Waals surface area contributed by atoms with Crippen molar-refractivity contribution in [3.05, 3.63) is 66.6 Å². The van der Waals surface area contributed by atoms with Crippen LogP contribution in [-0.4, -0.2) is 36.0 Å². The summed E-state index contributed by atoms with van der Waals surface area (Å²) >= 11 is 0. The van der Waals surface area contributed by atoms with E-state index in [-0.39, 0.29) is 23.6 Å². The van der Waals surface area contributed by atoms with Gasteiger partial charge >= 0.3 is 12.0 Å². The molecule has 2 rings (SSSR count). The molecule has 3 amide bonds. The minimum absolute atomic E-state index is 0.00432. The molecule has 0 aliphatic carbocycles. The maximum atomic E-state index is 13.8. The molecule has 8 nitrogen and oxygen atoms in total. The van der Waals surface area contributed by atoms with Gasteiger partial charge in [0, 0.05) is 12.7 Å². The van der Waals surface area contributed by atoms with E-state index in [1.807, 2.05) is 5.32 Å². The minimum atomic E-state index is -0.858. The number of carbonyl (C=O) groups excluding carboxylic acids is 3. The highest BCUT2D eigenvalue weighted by molar-refractivity contribution is 5.99. The van der Waals surface area contributed by atoms with Crippen molar-refractivity contribution in [1.29, 1.82) is 0 Å². The summed E-state index contributed by atoms with van der Waals surface area (Å²) in [5, 5.41) is 7.03. The lowest BCUT2D eigenvalue weighted by Crippen LogP contribution is -2.41. The first-order chi connectivity index (χ1) is 13.0. The van der Waals surface area contributed by atoms with Crippen molar-refractivity contribution in [1.82, 2.24) is 15.6 Å². The monoisotopic (exact) mass is 372 g/mol. The number of amides is 3. The summed E-state index contributed by atoms with van der Waals surface area (Å²) in [5.41, 5.74) is 0.131. The van der Waals surface area contributed by atoms with Crippen LogP contribution in [0.1, 0.15) is 10.4 Å². The van der Waals surface area contributed by atoms with E-state index in [0.29, 0.717) is 0 Å². The lowest BCUT2D eigenvalue weighted by atomic mass is 10.2. The molecule has 0 fully saturated rings. The standard InChI is InChI=1S/C18H17FN4O4/c1-2-9-21-18(26)23-15(24)11-27-17(25)12-6-5-10-20-16(12)22-14-8-4-3-7-13(14)19/h2-8,10H,1,9,11H2,(H,20,22)(H2,21,23,24,26). The molecule has 0 aliphatic rings. The van der Waals surface area contributed by atoms with Crippen molar-refractivity contribution in [3.8, 4) is 0 Å². The Balaban J connectivity index is 1.98. The van der Waals surface area contributed by atoms with E-state index in [1.165, 1.54) is 42.6 Å². The molecule has 0 radical (unpaired) electrons. The highest BCUT2D eigenvalue weighted by Crippen LogP contribution is 2.21. The molecule has 0 saturated heterocycles. The number of halogens is 1. The fourth-order valence-corrected chi connectivity index (χ4v) is 1.94. The Labute approximate surface area is 154 Å². The number of imide groups is 1. The molecule has 140 valence electrons. The molecule has 0 atom stereocenters. The fourth-order valence-electron chi connectivity index (χ4n) is 1.94. The number of para-hydroxylation sites is 1. The van der Waals surface area contributed by atoms with Gasteiger partial charge in [0.2, 0.25) is 0 Å². The number of rotatable bonds is 7. The number of hydrogen-bond donors (Lipinski definition) is 3. The molecule has 0 saturated carbocycles. The summed E-state index contributed by atoms with van der Waals surface area (Å²) in [5.74, 6) is -2.12. The molecule has 1 aromatic heterocycles. The molecule has 2 aromatic rings. The van der Waals surface area contributed by atoms with Gasteiger partial charge in [0.1, 0.15) is 17.2 Å². The van der Waals surface area contributed by atoms with Crippen LogP contribution in [0, 0.1) is 5.82 Å². The summed E-state index contributed by atoms with van der Waals surface area (Å²) in [6, 6.07) is 8.05. The lowest BCUT2D eigenvalue weighted by Gasteiger charge is -2.11. The zero-order chi connectivity index (χ0) is 19.6. The van der Waals surface area contributed by atoms with Crippen molar-refractivity contribution in [2.75, 3.05) is 18.5 Å². The highest BCUT2D eigenvalue weighted by atomic mass is 19.1. The SMILES string of the molecule is C=CCNC(=O)NC(=O)COC(=O)c1cccnc1Nc1ccccc1F. The molecule has 0 unspecified atom stereocenters. The Bertz CT molecular complexity index is 857. The van der Waals surface area contributed by atoms with E-state index in [4.69, 9.17) is 4.74 Å². The Morgan fingerprint density at radius 1 is 1.19 bits per heavy atom. The summed E-state index contributed by atoms with van der Waals surface area (Å²) in [7, 11) is 0. The van der Waals surface area contributed by atoms with Gasteiger partial charge in [0.25, 0.3) is 5.91 Å². The van der Waals surface area contributed by atoms with E-state index >= 15 is 0 Å². The van der Waals surface area contributed by atoms with E-state index in [9.17, 15) is 18.8 Å². The zero-order valence-corrected chi connectivity index (χ0v) is 14.2. The number of urea groups is 1. The molecule has 1 aromatic carbocycles. The van der Waals surface area contributed by atoms with E-state index in [2.05, 4.69) is 22.2 Å². The van der Waals surface area contributed by atoms with Crippen molar-refractivity contribution >= 4 is 29.4 Å². The van der Waals surface area contributed by atoms with Crippen LogP contribution < -0.4 is 16.0 Å². The van der Waals surface area contributed by atoms with Gasteiger partial charge in [-0.05, 0) is 24.3 Å². The predicted octanol–water partition coefficient (Wildman–Crippen LogP) is 2.13. The number of hydrogen-bond acceptors (Lipinski definition) is 6. The second-order valence-electron chi connectivity index (χ2n) is 5.13. The van der Waals surface area contributed by atoms with Gasteiger partial charge in [-0.3, -0.25) is 10.1 Å². The van der Waals surface area contributed by atoms with Crippen LogP contribution in [0.4, 0.5) is 20.7 Å². The number of ether oxygens (including phenoxy) is 1. The maximum absolute atomic E-state index is 13.8. The summed E-state index contributed by atoms with van der Waals surface area (Å²) < 4.78 is 18.6. The first-order valence-electron chi connectivity index (χ1n) is 7.83. The summed E-state index contributed by atoms with van der Waals surface area (Å²) in [6.07, 6.45) is 2.85. The van der Waals surface area contributed by atoms with Crippen molar-refractivity contribution in [2.24, 2.45) is 0 Å². The van der Waals surface area contributed by atoms with Crippen LogP contribution in [0.5, 0.6) is 0 Å². The van der Waals surface area contributed by atoms with Crippen LogP contribution >= 0.6 is 0 Å². The molecular formula is C18H17FN4O4. The normalized spacial score (nSPS) is 9.81. The minimum Gasteiger partial charge on any atom is -0.452 e. The smallest absolute Gasteiger partial charge is 0.342 e. The van der Waals surface area contributed by atoms with Crippen LogP contribution in [0.15, 0.2) is 55.3 Å². The van der Waals surface area contributed by atoms with Gasteiger partial charge < -0.3 is 15.4 Å². The topological polar surface area (TPSA) is 109 Å². The number of benzene rings is 1. The number of carbonyl (C=O) groups is 3. The summed E-state index contributed by atoms with van der Waals surface area (Å²) in [4.78, 5) is 39.2. The Hall–Kier alpha value is -3.75. The number of nitrogens with one attached hydrogen (secondary N) is 3. The Morgan fingerprint density at radius 3 is 2.70 bits per heavy atom. The van der Waals surface area contributed by atoms with E-state index in [0.717, 1.165) is 0 Å². The van der Waals surface area contributed by atoms with Gasteiger partial charge in [-0.15, -0.1) is 6.58 Å². The van der Waals surface area contributed by atoms with Crippen LogP contribution in [0.2, 0.25) is 0 Å². The Kier molecular flexibility index (Phi) is 7.00. The first kappa shape index (κ1) is 19.6. The molecule has 9 heteroatoms. The number of anilines is 2. The van der Waals surface area contributed by atoms with Crippen molar-refractivity contribution < 1.29 is 23.5 Å². The van der Waals surface area contributed by atoms with Crippen molar-refractivity contribution in [2.45, 2.75) is 0 Å². The van der Waals surface area contributed by atoms with E-state index in [1.54, 1.807) is 6.07 Å². The Morgan fingerprint density at radius 2 is 1.96 bits per heavy atom. The van der Waals surface area contributed by atoms with Crippen LogP contribution in [-0.2, 0) is 9.53 Å². The van der Waals surface area contributed by atoms with Crippen LogP contribution in [0.25, 0.3) is 0 Å².